The summed E-state index contributed by atoms with van der Waals surface area (Å²) in [6.07, 6.45) is 12.9. The zero-order valence-electron chi connectivity index (χ0n) is 32.3. The Kier molecular flexibility index (Phi) is 32.3. The number of carbonyl (C=O) groups excluding carboxylic acids is 5. The SMILES string of the molecule is CCCCCC(OC(=O)C[N+](C)(C)CCOC(C)=O)C(O)C/C=C\CCCCCCCC(=O)NCCNC(=O)C[N+](C)(C)CCOC(C)=O.[Cl-].[Cl-]. The molecule has 0 rings (SSSR count). The monoisotopic (exact) mass is 770 g/mol. The van der Waals surface area contributed by atoms with Crippen molar-refractivity contribution in [1.82, 2.24) is 10.6 Å². The van der Waals surface area contributed by atoms with Gasteiger partial charge in [-0.15, -0.1) is 0 Å². The molecule has 15 heteroatoms. The first-order chi connectivity index (χ1) is 23.1. The lowest BCUT2D eigenvalue weighted by Gasteiger charge is -2.30. The van der Waals surface area contributed by atoms with Crippen LogP contribution in [0.25, 0.3) is 0 Å². The van der Waals surface area contributed by atoms with Crippen molar-refractivity contribution in [2.45, 2.75) is 110 Å². The lowest BCUT2D eigenvalue weighted by Crippen LogP contribution is -3.00. The van der Waals surface area contributed by atoms with Gasteiger partial charge in [0.05, 0.1) is 34.3 Å². The minimum Gasteiger partial charge on any atom is -1.00 e. The summed E-state index contributed by atoms with van der Waals surface area (Å²) in [4.78, 5) is 58.9. The number of ether oxygens (including phenoxy) is 3. The van der Waals surface area contributed by atoms with Crippen LogP contribution in [-0.4, -0.2) is 137 Å². The Morgan fingerprint density at radius 2 is 1.24 bits per heavy atom. The number of allylic oxidation sites excluding steroid dienone is 1. The first kappa shape index (κ1) is 52.9. The molecule has 0 aromatic carbocycles. The number of esters is 3. The lowest BCUT2D eigenvalue weighted by atomic mass is 10.0. The summed E-state index contributed by atoms with van der Waals surface area (Å²) in [7, 11) is 7.54. The van der Waals surface area contributed by atoms with E-state index in [0.29, 0.717) is 54.4 Å². The molecule has 0 bridgehead atoms. The van der Waals surface area contributed by atoms with Gasteiger partial charge in [0.15, 0.2) is 13.1 Å². The molecule has 2 atom stereocenters. The van der Waals surface area contributed by atoms with E-state index in [1.807, 2.05) is 34.3 Å². The highest BCUT2D eigenvalue weighted by molar-refractivity contribution is 5.77. The number of hydrogen-bond donors (Lipinski definition) is 3. The zero-order chi connectivity index (χ0) is 37.1. The quantitative estimate of drug-likeness (QED) is 0.0238. The summed E-state index contributed by atoms with van der Waals surface area (Å²) in [6, 6.07) is 0. The van der Waals surface area contributed by atoms with E-state index in [1.165, 1.54) is 13.8 Å². The van der Waals surface area contributed by atoms with Crippen molar-refractivity contribution < 1.29 is 77.1 Å². The molecule has 0 saturated carbocycles. The van der Waals surface area contributed by atoms with Gasteiger partial charge in [-0.05, 0) is 38.5 Å². The van der Waals surface area contributed by atoms with Crippen molar-refractivity contribution >= 4 is 29.7 Å². The Hall–Kier alpha value is -2.45. The number of rotatable bonds is 29. The van der Waals surface area contributed by atoms with Crippen molar-refractivity contribution in [2.75, 3.05) is 80.7 Å². The second-order valence-corrected chi connectivity index (χ2v) is 14.1. The average Bonchev–Trinajstić information content (AvgIpc) is 2.98. The largest absolute Gasteiger partial charge is 1.00 e. The highest BCUT2D eigenvalue weighted by Crippen LogP contribution is 2.16. The predicted molar refractivity (Wildman–Crippen MR) is 189 cm³/mol. The van der Waals surface area contributed by atoms with E-state index in [9.17, 15) is 29.1 Å². The van der Waals surface area contributed by atoms with Gasteiger partial charge < -0.3 is 63.7 Å². The maximum Gasteiger partial charge on any atom is 0.362 e. The van der Waals surface area contributed by atoms with Gasteiger partial charge in [-0.3, -0.25) is 19.2 Å². The van der Waals surface area contributed by atoms with Crippen LogP contribution in [0, 0.1) is 0 Å². The van der Waals surface area contributed by atoms with E-state index in [0.717, 1.165) is 57.8 Å². The van der Waals surface area contributed by atoms with Gasteiger partial charge >= 0.3 is 17.9 Å². The number of halogens is 2. The lowest BCUT2D eigenvalue weighted by molar-refractivity contribution is -0.883. The zero-order valence-corrected chi connectivity index (χ0v) is 33.8. The molecule has 2 unspecified atom stereocenters. The van der Waals surface area contributed by atoms with Gasteiger partial charge in [-0.2, -0.15) is 0 Å². The van der Waals surface area contributed by atoms with E-state index < -0.39 is 12.2 Å². The summed E-state index contributed by atoms with van der Waals surface area (Å²) in [5.74, 6) is -1.20. The molecule has 300 valence electrons. The Balaban J connectivity index is -0.0000115. The molecule has 0 spiro atoms. The normalized spacial score (nSPS) is 12.5. The first-order valence-corrected chi connectivity index (χ1v) is 18.0. The Bertz CT molecular complexity index is 1010. The molecule has 3 N–H and O–H groups in total. The number of nitrogens with one attached hydrogen (secondary N) is 2. The summed E-state index contributed by atoms with van der Waals surface area (Å²) in [5.41, 5.74) is 0. The van der Waals surface area contributed by atoms with Gasteiger partial charge in [-0.25, -0.2) is 4.79 Å². The van der Waals surface area contributed by atoms with Crippen molar-refractivity contribution in [1.29, 1.82) is 0 Å². The average molecular weight is 772 g/mol. The first-order valence-electron chi connectivity index (χ1n) is 18.0. The second-order valence-electron chi connectivity index (χ2n) is 14.1. The molecule has 0 heterocycles. The number of aliphatic hydroxyl groups excluding tert-OH is 1. The van der Waals surface area contributed by atoms with Crippen LogP contribution in [-0.2, 0) is 38.2 Å². The number of amides is 2. The van der Waals surface area contributed by atoms with Crippen LogP contribution >= 0.6 is 0 Å². The number of quaternary nitrogens is 2. The minimum absolute atomic E-state index is 0. The Morgan fingerprint density at radius 1 is 0.706 bits per heavy atom. The number of aliphatic hydroxyl groups is 1. The Labute approximate surface area is 319 Å². The van der Waals surface area contributed by atoms with E-state index in [4.69, 9.17) is 14.2 Å². The van der Waals surface area contributed by atoms with Crippen LogP contribution in [0.4, 0.5) is 0 Å². The van der Waals surface area contributed by atoms with Gasteiger partial charge in [-0.1, -0.05) is 51.2 Å². The molecule has 0 aliphatic carbocycles. The standard InChI is InChI=1S/C36H66N4O9.2ClH/c1-8-9-16-20-33(49-36(46)29-40(6,7)25-27-48-31(3)42)32(43)19-17-14-12-10-11-13-15-18-21-34(44)37-22-23-38-35(45)28-39(4,5)24-26-47-30(2)41;;/h14,17,32-33,43H,8-13,15-16,18-29H2,1-7H3;2*1H/b17-14-;;. The van der Waals surface area contributed by atoms with Crippen molar-refractivity contribution in [2.24, 2.45) is 0 Å². The van der Waals surface area contributed by atoms with Gasteiger partial charge in [0.1, 0.15) is 32.4 Å². The molecular formula is C36H68Cl2N4O9. The molecule has 0 radical (unpaired) electrons. The number of hydrogen-bond acceptors (Lipinski definition) is 9. The Morgan fingerprint density at radius 3 is 1.80 bits per heavy atom. The third-order valence-electron chi connectivity index (χ3n) is 8.03. The van der Waals surface area contributed by atoms with Crippen LogP contribution < -0.4 is 35.4 Å². The van der Waals surface area contributed by atoms with Crippen LogP contribution in [0.5, 0.6) is 0 Å². The van der Waals surface area contributed by atoms with E-state index in [2.05, 4.69) is 23.6 Å². The molecule has 0 fully saturated rings. The van der Waals surface area contributed by atoms with Crippen LogP contribution in [0.2, 0.25) is 0 Å². The molecule has 51 heavy (non-hydrogen) atoms. The topological polar surface area (TPSA) is 157 Å². The predicted octanol–water partition coefficient (Wildman–Crippen LogP) is -2.96. The molecule has 0 saturated heterocycles. The van der Waals surface area contributed by atoms with Gasteiger partial charge in [0.25, 0.3) is 5.91 Å². The molecule has 0 aromatic heterocycles. The van der Waals surface area contributed by atoms with Crippen molar-refractivity contribution in [3.63, 3.8) is 0 Å². The van der Waals surface area contributed by atoms with Crippen molar-refractivity contribution in [3.8, 4) is 0 Å². The second kappa shape index (κ2) is 31.1. The highest BCUT2D eigenvalue weighted by Gasteiger charge is 2.27. The third-order valence-corrected chi connectivity index (χ3v) is 8.03. The van der Waals surface area contributed by atoms with Gasteiger partial charge in [0, 0.05) is 33.4 Å². The molecule has 2 amide bonds. The fraction of sp³-hybridized carbons (Fsp3) is 0.806. The summed E-state index contributed by atoms with van der Waals surface area (Å²) in [6.45, 7) is 7.45. The fourth-order valence-corrected chi connectivity index (χ4v) is 5.03. The maximum atomic E-state index is 12.7. The number of likely N-dealkylation sites (N-methyl/N-ethyl adjacent to an activating group) is 2. The summed E-state index contributed by atoms with van der Waals surface area (Å²) >= 11 is 0. The smallest absolute Gasteiger partial charge is 0.362 e. The number of nitrogens with zero attached hydrogens (tertiary/aromatic N) is 2. The molecule has 13 nitrogen and oxygen atoms in total. The molecule has 0 aliphatic heterocycles. The van der Waals surface area contributed by atoms with Gasteiger partial charge in [0.2, 0.25) is 5.91 Å². The molecular weight excluding hydrogens is 703 g/mol. The van der Waals surface area contributed by atoms with Crippen LogP contribution in [0.3, 0.4) is 0 Å². The van der Waals surface area contributed by atoms with E-state index >= 15 is 0 Å². The van der Waals surface area contributed by atoms with Crippen molar-refractivity contribution in [3.05, 3.63) is 12.2 Å². The summed E-state index contributed by atoms with van der Waals surface area (Å²) < 4.78 is 16.4. The number of unbranched alkanes of at least 4 members (excludes halogenated alkanes) is 7. The number of carbonyl (C=O) groups is 5. The molecule has 0 aromatic rings. The highest BCUT2D eigenvalue weighted by atomic mass is 35.5. The maximum absolute atomic E-state index is 12.7. The van der Waals surface area contributed by atoms with Crippen LogP contribution in [0.15, 0.2) is 12.2 Å². The van der Waals surface area contributed by atoms with E-state index in [-0.39, 0.29) is 80.8 Å². The minimum atomic E-state index is -0.771. The van der Waals surface area contributed by atoms with E-state index in [1.54, 1.807) is 0 Å². The molecule has 0 aliphatic rings. The fourth-order valence-electron chi connectivity index (χ4n) is 5.03. The van der Waals surface area contributed by atoms with Crippen LogP contribution in [0.1, 0.15) is 97.8 Å². The summed E-state index contributed by atoms with van der Waals surface area (Å²) in [5, 5.41) is 16.5. The third kappa shape index (κ3) is 33.2.